The van der Waals surface area contributed by atoms with Gasteiger partial charge in [0.15, 0.2) is 0 Å². The molecule has 2 heteroatoms. The summed E-state index contributed by atoms with van der Waals surface area (Å²) >= 11 is 0. The molecule has 0 bridgehead atoms. The van der Waals surface area contributed by atoms with Crippen molar-refractivity contribution in [3.63, 3.8) is 0 Å². The van der Waals surface area contributed by atoms with Crippen LogP contribution in [0.2, 0.25) is 0 Å². The highest BCUT2D eigenvalue weighted by Crippen LogP contribution is 2.06. The molecule has 2 atom stereocenters. The second kappa shape index (κ2) is 5.89. The predicted octanol–water partition coefficient (Wildman–Crippen LogP) is 1.90. The Kier molecular flexibility index (Phi) is 4.79. The lowest BCUT2D eigenvalue weighted by atomic mass is 10.1. The molecule has 0 aliphatic heterocycles. The molecule has 2 unspecified atom stereocenters. The molecule has 0 aliphatic rings. The summed E-state index contributed by atoms with van der Waals surface area (Å²) in [4.78, 5) is 0. The Hall–Kier alpha value is -0.860. The zero-order valence-corrected chi connectivity index (χ0v) is 9.83. The third-order valence-electron chi connectivity index (χ3n) is 2.51. The van der Waals surface area contributed by atoms with Crippen LogP contribution in [0.15, 0.2) is 24.3 Å². The minimum absolute atomic E-state index is 0.172. The topological polar surface area (TPSA) is 32.3 Å². The average molecular weight is 207 g/mol. The van der Waals surface area contributed by atoms with Crippen LogP contribution in [0, 0.1) is 6.92 Å². The van der Waals surface area contributed by atoms with Crippen LogP contribution in [-0.2, 0) is 6.42 Å². The van der Waals surface area contributed by atoms with Gasteiger partial charge in [0.2, 0.25) is 0 Å². The number of aryl methyl sites for hydroxylation is 1. The predicted molar refractivity (Wildman–Crippen MR) is 64.0 cm³/mol. The van der Waals surface area contributed by atoms with Crippen LogP contribution < -0.4 is 5.32 Å². The second-order valence-electron chi connectivity index (χ2n) is 4.34. The minimum atomic E-state index is 0.172. The zero-order chi connectivity index (χ0) is 11.3. The number of hydrogen-bond acceptors (Lipinski definition) is 2. The molecule has 0 spiro atoms. The average Bonchev–Trinajstić information content (AvgIpc) is 2.21. The zero-order valence-electron chi connectivity index (χ0n) is 9.83. The van der Waals surface area contributed by atoms with Gasteiger partial charge < -0.3 is 10.4 Å². The van der Waals surface area contributed by atoms with E-state index < -0.39 is 0 Å². The first-order valence-corrected chi connectivity index (χ1v) is 5.54. The fourth-order valence-electron chi connectivity index (χ4n) is 1.68. The molecule has 0 fully saturated rings. The normalized spacial score (nSPS) is 14.9. The van der Waals surface area contributed by atoms with E-state index in [2.05, 4.69) is 43.4 Å². The molecule has 0 saturated carbocycles. The molecule has 2 N–H and O–H groups in total. The third-order valence-corrected chi connectivity index (χ3v) is 2.51. The van der Waals surface area contributed by atoms with E-state index in [4.69, 9.17) is 5.11 Å². The maximum Gasteiger partial charge on any atom is 0.0582 e. The molecule has 84 valence electrons. The lowest BCUT2D eigenvalue weighted by molar-refractivity contribution is 0.242. The van der Waals surface area contributed by atoms with Crippen LogP contribution >= 0.6 is 0 Å². The molecule has 0 heterocycles. The number of aliphatic hydroxyl groups excluding tert-OH is 1. The Morgan fingerprint density at radius 3 is 2.27 bits per heavy atom. The fourth-order valence-corrected chi connectivity index (χ4v) is 1.68. The van der Waals surface area contributed by atoms with E-state index in [9.17, 15) is 0 Å². The first-order valence-electron chi connectivity index (χ1n) is 5.54. The lowest BCUT2D eigenvalue weighted by Gasteiger charge is -2.18. The summed E-state index contributed by atoms with van der Waals surface area (Å²) in [7, 11) is 0. The first kappa shape index (κ1) is 12.2. The first-order chi connectivity index (χ1) is 7.11. The van der Waals surface area contributed by atoms with Crippen LogP contribution in [0.25, 0.3) is 0 Å². The number of hydrogen-bond donors (Lipinski definition) is 2. The molecular formula is C13H21NO. The molecule has 1 aromatic rings. The van der Waals surface area contributed by atoms with Crippen LogP contribution in [0.4, 0.5) is 0 Å². The van der Waals surface area contributed by atoms with Gasteiger partial charge in [-0.3, -0.25) is 0 Å². The summed E-state index contributed by atoms with van der Waals surface area (Å²) in [6.45, 7) is 6.43. The van der Waals surface area contributed by atoms with E-state index in [-0.39, 0.29) is 12.6 Å². The summed E-state index contributed by atoms with van der Waals surface area (Å²) in [6.07, 6.45) is 1.00. The van der Waals surface area contributed by atoms with Gasteiger partial charge in [-0.2, -0.15) is 0 Å². The summed E-state index contributed by atoms with van der Waals surface area (Å²) < 4.78 is 0. The summed E-state index contributed by atoms with van der Waals surface area (Å²) in [5, 5.41) is 12.3. The number of rotatable bonds is 5. The molecule has 0 amide bonds. The van der Waals surface area contributed by atoms with Crippen molar-refractivity contribution in [2.75, 3.05) is 6.61 Å². The Labute approximate surface area is 92.3 Å². The van der Waals surface area contributed by atoms with Gasteiger partial charge in [0.25, 0.3) is 0 Å². The van der Waals surface area contributed by atoms with Gasteiger partial charge in [-0.15, -0.1) is 0 Å². The number of nitrogens with one attached hydrogen (secondary N) is 1. The Morgan fingerprint density at radius 2 is 1.73 bits per heavy atom. The number of benzene rings is 1. The van der Waals surface area contributed by atoms with Crippen molar-refractivity contribution in [2.24, 2.45) is 0 Å². The van der Waals surface area contributed by atoms with Crippen LogP contribution in [0.5, 0.6) is 0 Å². The second-order valence-corrected chi connectivity index (χ2v) is 4.34. The van der Waals surface area contributed by atoms with Gasteiger partial charge in [0.1, 0.15) is 0 Å². The molecule has 1 aromatic carbocycles. The largest absolute Gasteiger partial charge is 0.395 e. The van der Waals surface area contributed by atoms with Crippen molar-refractivity contribution in [1.29, 1.82) is 0 Å². The van der Waals surface area contributed by atoms with Gasteiger partial charge in [-0.25, -0.2) is 0 Å². The highest BCUT2D eigenvalue weighted by Gasteiger charge is 2.06. The Balaban J connectivity index is 2.44. The van der Waals surface area contributed by atoms with Crippen molar-refractivity contribution >= 4 is 0 Å². The van der Waals surface area contributed by atoms with Crippen molar-refractivity contribution in [1.82, 2.24) is 5.32 Å². The smallest absolute Gasteiger partial charge is 0.0582 e. The molecule has 0 aromatic heterocycles. The van der Waals surface area contributed by atoms with E-state index in [0.717, 1.165) is 6.42 Å². The molecule has 0 saturated heterocycles. The maximum atomic E-state index is 8.92. The standard InChI is InChI=1S/C13H21NO/c1-10-4-6-13(7-5-10)8-11(2)14-12(3)9-15/h4-7,11-12,14-15H,8-9H2,1-3H3. The van der Waals surface area contributed by atoms with Crippen molar-refractivity contribution in [2.45, 2.75) is 39.3 Å². The Morgan fingerprint density at radius 1 is 1.13 bits per heavy atom. The minimum Gasteiger partial charge on any atom is -0.395 e. The SMILES string of the molecule is Cc1ccc(CC(C)NC(C)CO)cc1. The van der Waals surface area contributed by atoms with Crippen molar-refractivity contribution < 1.29 is 5.11 Å². The monoisotopic (exact) mass is 207 g/mol. The molecule has 2 nitrogen and oxygen atoms in total. The van der Waals surface area contributed by atoms with Gasteiger partial charge in [0.05, 0.1) is 6.61 Å². The molecular weight excluding hydrogens is 186 g/mol. The van der Waals surface area contributed by atoms with E-state index in [1.165, 1.54) is 11.1 Å². The molecule has 1 rings (SSSR count). The highest BCUT2D eigenvalue weighted by molar-refractivity contribution is 5.21. The summed E-state index contributed by atoms with van der Waals surface area (Å²) in [6, 6.07) is 9.17. The van der Waals surface area contributed by atoms with E-state index in [1.807, 2.05) is 6.92 Å². The Bertz CT molecular complexity index is 281. The lowest BCUT2D eigenvalue weighted by Crippen LogP contribution is -2.37. The summed E-state index contributed by atoms with van der Waals surface area (Å²) in [5.41, 5.74) is 2.63. The quantitative estimate of drug-likeness (QED) is 0.773. The van der Waals surface area contributed by atoms with Gasteiger partial charge in [-0.1, -0.05) is 29.8 Å². The van der Waals surface area contributed by atoms with E-state index in [1.54, 1.807) is 0 Å². The molecule has 15 heavy (non-hydrogen) atoms. The maximum absolute atomic E-state index is 8.92. The van der Waals surface area contributed by atoms with Crippen LogP contribution in [0.3, 0.4) is 0 Å². The van der Waals surface area contributed by atoms with E-state index >= 15 is 0 Å². The van der Waals surface area contributed by atoms with Gasteiger partial charge in [-0.05, 0) is 32.8 Å². The molecule has 0 aliphatic carbocycles. The van der Waals surface area contributed by atoms with Crippen molar-refractivity contribution in [3.8, 4) is 0 Å². The highest BCUT2D eigenvalue weighted by atomic mass is 16.3. The fraction of sp³-hybridized carbons (Fsp3) is 0.538. The van der Waals surface area contributed by atoms with Gasteiger partial charge in [0, 0.05) is 12.1 Å². The summed E-state index contributed by atoms with van der Waals surface area (Å²) in [5.74, 6) is 0. The van der Waals surface area contributed by atoms with Crippen LogP contribution in [0.1, 0.15) is 25.0 Å². The van der Waals surface area contributed by atoms with E-state index in [0.29, 0.717) is 6.04 Å². The molecule has 0 radical (unpaired) electrons. The van der Waals surface area contributed by atoms with Crippen LogP contribution in [-0.4, -0.2) is 23.8 Å². The van der Waals surface area contributed by atoms with Crippen molar-refractivity contribution in [3.05, 3.63) is 35.4 Å². The number of aliphatic hydroxyl groups is 1. The third kappa shape index (κ3) is 4.45. The van der Waals surface area contributed by atoms with Gasteiger partial charge >= 0.3 is 0 Å².